The fourth-order valence-corrected chi connectivity index (χ4v) is 3.21. The zero-order chi connectivity index (χ0) is 19.4. The lowest BCUT2D eigenvalue weighted by molar-refractivity contribution is -0.115. The maximum atomic E-state index is 12.5. The van der Waals surface area contributed by atoms with Crippen molar-refractivity contribution in [1.82, 2.24) is 20.2 Å². The zero-order valence-electron chi connectivity index (χ0n) is 15.7. The van der Waals surface area contributed by atoms with Crippen molar-refractivity contribution in [2.75, 3.05) is 24.3 Å². The van der Waals surface area contributed by atoms with E-state index in [0.29, 0.717) is 5.16 Å². The number of carbonyl (C=O) groups is 1. The van der Waals surface area contributed by atoms with Crippen molar-refractivity contribution in [3.8, 4) is 5.69 Å². The van der Waals surface area contributed by atoms with Gasteiger partial charge < -0.3 is 10.2 Å². The predicted molar refractivity (Wildman–Crippen MR) is 109 cm³/mol. The molecule has 27 heavy (non-hydrogen) atoms. The lowest BCUT2D eigenvalue weighted by atomic mass is 10.2. The number of hydrogen-bond acceptors (Lipinski definition) is 6. The van der Waals surface area contributed by atoms with Gasteiger partial charge in [0.2, 0.25) is 11.1 Å². The number of benzene rings is 2. The van der Waals surface area contributed by atoms with Crippen molar-refractivity contribution < 1.29 is 4.79 Å². The molecule has 0 aliphatic heterocycles. The summed E-state index contributed by atoms with van der Waals surface area (Å²) in [6.45, 7) is 3.86. The number of nitrogens with zero attached hydrogens (tertiary/aromatic N) is 5. The van der Waals surface area contributed by atoms with E-state index < -0.39 is 0 Å². The normalized spacial score (nSPS) is 11.9. The van der Waals surface area contributed by atoms with Crippen LogP contribution in [0.5, 0.6) is 0 Å². The van der Waals surface area contributed by atoms with Crippen LogP contribution < -0.4 is 10.2 Å². The Morgan fingerprint density at radius 3 is 2.41 bits per heavy atom. The number of tetrazole rings is 1. The van der Waals surface area contributed by atoms with Crippen LogP contribution in [0.1, 0.15) is 12.5 Å². The van der Waals surface area contributed by atoms with Gasteiger partial charge in [-0.25, -0.2) is 0 Å². The number of nitrogens with one attached hydrogen (secondary N) is 1. The number of anilines is 2. The van der Waals surface area contributed by atoms with Gasteiger partial charge in [0, 0.05) is 25.5 Å². The third kappa shape index (κ3) is 4.65. The Kier molecular flexibility index (Phi) is 5.75. The number of carbonyl (C=O) groups excluding carboxylic acids is 1. The van der Waals surface area contributed by atoms with Gasteiger partial charge in [-0.3, -0.25) is 4.79 Å². The van der Waals surface area contributed by atoms with Crippen molar-refractivity contribution in [3.05, 3.63) is 54.1 Å². The second kappa shape index (κ2) is 8.22. The molecule has 0 fully saturated rings. The molecule has 8 heteroatoms. The van der Waals surface area contributed by atoms with Crippen LogP contribution in [0.4, 0.5) is 11.4 Å². The summed E-state index contributed by atoms with van der Waals surface area (Å²) in [5.74, 6) is -0.101. The number of hydrogen-bond donors (Lipinski definition) is 1. The van der Waals surface area contributed by atoms with E-state index in [2.05, 4.69) is 20.8 Å². The average Bonchev–Trinajstić information content (AvgIpc) is 3.10. The highest BCUT2D eigenvalue weighted by molar-refractivity contribution is 8.00. The number of amides is 1. The Hall–Kier alpha value is -2.87. The quantitative estimate of drug-likeness (QED) is 0.660. The summed E-state index contributed by atoms with van der Waals surface area (Å²) in [5.41, 5.74) is 3.86. The summed E-state index contributed by atoms with van der Waals surface area (Å²) in [6.07, 6.45) is 0. The summed E-state index contributed by atoms with van der Waals surface area (Å²) < 4.78 is 1.64. The minimum Gasteiger partial charge on any atom is -0.378 e. The maximum Gasteiger partial charge on any atom is 0.237 e. The van der Waals surface area contributed by atoms with E-state index >= 15 is 0 Å². The van der Waals surface area contributed by atoms with Crippen molar-refractivity contribution in [1.29, 1.82) is 0 Å². The first-order valence-corrected chi connectivity index (χ1v) is 9.42. The zero-order valence-corrected chi connectivity index (χ0v) is 16.6. The van der Waals surface area contributed by atoms with Crippen LogP contribution in [0.2, 0.25) is 0 Å². The molecule has 1 N–H and O–H groups in total. The molecule has 0 bridgehead atoms. The molecule has 3 rings (SSSR count). The van der Waals surface area contributed by atoms with Gasteiger partial charge in [0.15, 0.2) is 0 Å². The van der Waals surface area contributed by atoms with Crippen LogP contribution in [-0.4, -0.2) is 45.5 Å². The Labute approximate surface area is 162 Å². The molecule has 3 aromatic rings. The minimum absolute atomic E-state index is 0.101. The van der Waals surface area contributed by atoms with Crippen molar-refractivity contribution >= 4 is 29.0 Å². The standard InChI is InChI=1S/C19H22N6OS/c1-13-5-9-17(10-6-13)25-19(21-22-23-25)27-14(2)18(26)20-15-7-11-16(12-8-15)24(3)4/h5-12,14H,1-4H3,(H,20,26). The van der Waals surface area contributed by atoms with E-state index in [1.54, 1.807) is 4.68 Å². The summed E-state index contributed by atoms with van der Waals surface area (Å²) in [7, 11) is 3.95. The van der Waals surface area contributed by atoms with Gasteiger partial charge in [-0.2, -0.15) is 4.68 Å². The van der Waals surface area contributed by atoms with Gasteiger partial charge in [0.05, 0.1) is 10.9 Å². The van der Waals surface area contributed by atoms with E-state index in [9.17, 15) is 4.79 Å². The first-order chi connectivity index (χ1) is 12.9. The molecule has 0 saturated heterocycles. The maximum absolute atomic E-state index is 12.5. The molecule has 1 atom stereocenters. The van der Waals surface area contributed by atoms with E-state index in [4.69, 9.17) is 0 Å². The second-order valence-electron chi connectivity index (χ2n) is 6.40. The number of aromatic nitrogens is 4. The van der Waals surface area contributed by atoms with Gasteiger partial charge in [-0.05, 0) is 60.7 Å². The fraction of sp³-hybridized carbons (Fsp3) is 0.263. The fourth-order valence-electron chi connectivity index (χ4n) is 2.40. The highest BCUT2D eigenvalue weighted by Crippen LogP contribution is 2.24. The summed E-state index contributed by atoms with van der Waals surface area (Å²) in [6, 6.07) is 15.6. The molecule has 1 unspecified atom stereocenters. The van der Waals surface area contributed by atoms with Gasteiger partial charge in [0.1, 0.15) is 0 Å². The van der Waals surface area contributed by atoms with Crippen LogP contribution in [0, 0.1) is 6.92 Å². The Morgan fingerprint density at radius 1 is 1.11 bits per heavy atom. The van der Waals surface area contributed by atoms with Crippen molar-refractivity contribution in [2.24, 2.45) is 0 Å². The predicted octanol–water partition coefficient (Wildman–Crippen LogP) is 3.16. The molecular formula is C19H22N6OS. The van der Waals surface area contributed by atoms with Crippen molar-refractivity contribution in [2.45, 2.75) is 24.3 Å². The third-order valence-electron chi connectivity index (χ3n) is 4.02. The third-order valence-corrected chi connectivity index (χ3v) is 5.06. The largest absolute Gasteiger partial charge is 0.378 e. The Morgan fingerprint density at radius 2 is 1.78 bits per heavy atom. The van der Waals surface area contributed by atoms with Gasteiger partial charge in [-0.1, -0.05) is 29.5 Å². The SMILES string of the molecule is Cc1ccc(-n2nnnc2SC(C)C(=O)Nc2ccc(N(C)C)cc2)cc1. The van der Waals surface area contributed by atoms with Gasteiger partial charge in [0.25, 0.3) is 0 Å². The van der Waals surface area contributed by atoms with E-state index in [-0.39, 0.29) is 11.2 Å². The number of aryl methyl sites for hydroxylation is 1. The molecule has 7 nitrogen and oxygen atoms in total. The number of thioether (sulfide) groups is 1. The van der Waals surface area contributed by atoms with Crippen LogP contribution in [-0.2, 0) is 4.79 Å². The van der Waals surface area contributed by atoms with Gasteiger partial charge >= 0.3 is 0 Å². The molecule has 0 spiro atoms. The van der Waals surface area contributed by atoms with Crippen molar-refractivity contribution in [3.63, 3.8) is 0 Å². The lowest BCUT2D eigenvalue weighted by Gasteiger charge is -2.14. The lowest BCUT2D eigenvalue weighted by Crippen LogP contribution is -2.23. The smallest absolute Gasteiger partial charge is 0.237 e. The van der Waals surface area contributed by atoms with Crippen LogP contribution in [0.3, 0.4) is 0 Å². The molecule has 1 aromatic heterocycles. The first kappa shape index (κ1) is 18.9. The highest BCUT2D eigenvalue weighted by Gasteiger charge is 2.19. The molecule has 140 valence electrons. The van der Waals surface area contributed by atoms with Crippen LogP contribution in [0.25, 0.3) is 5.69 Å². The van der Waals surface area contributed by atoms with E-state index in [1.165, 1.54) is 11.8 Å². The summed E-state index contributed by atoms with van der Waals surface area (Å²) >= 11 is 1.32. The molecule has 0 aliphatic rings. The summed E-state index contributed by atoms with van der Waals surface area (Å²) in [5, 5.41) is 15.0. The van der Waals surface area contributed by atoms with E-state index in [1.807, 2.05) is 81.4 Å². The second-order valence-corrected chi connectivity index (χ2v) is 7.71. The first-order valence-electron chi connectivity index (χ1n) is 8.54. The van der Waals surface area contributed by atoms with Crippen LogP contribution >= 0.6 is 11.8 Å². The summed E-state index contributed by atoms with van der Waals surface area (Å²) in [4.78, 5) is 14.5. The highest BCUT2D eigenvalue weighted by atomic mass is 32.2. The topological polar surface area (TPSA) is 75.9 Å². The van der Waals surface area contributed by atoms with E-state index in [0.717, 1.165) is 22.6 Å². The molecule has 0 radical (unpaired) electrons. The van der Waals surface area contributed by atoms with Crippen LogP contribution in [0.15, 0.2) is 53.7 Å². The molecule has 0 aliphatic carbocycles. The molecule has 0 saturated carbocycles. The average molecular weight is 382 g/mol. The Balaban J connectivity index is 1.67. The minimum atomic E-state index is -0.353. The molecular weight excluding hydrogens is 360 g/mol. The monoisotopic (exact) mass is 382 g/mol. The van der Waals surface area contributed by atoms with Gasteiger partial charge in [-0.15, -0.1) is 5.10 Å². The molecule has 2 aromatic carbocycles. The molecule has 1 heterocycles. The Bertz CT molecular complexity index is 905. The molecule has 1 amide bonds. The number of rotatable bonds is 6.